The third kappa shape index (κ3) is 4.45. The van der Waals surface area contributed by atoms with Crippen LogP contribution in [0.15, 0.2) is 42.5 Å². The molecule has 0 bridgehead atoms. The molecule has 29 heavy (non-hydrogen) atoms. The van der Waals surface area contributed by atoms with Crippen molar-refractivity contribution in [3.63, 3.8) is 0 Å². The maximum absolute atomic E-state index is 12.6. The van der Waals surface area contributed by atoms with Crippen molar-refractivity contribution in [3.8, 4) is 17.2 Å². The zero-order chi connectivity index (χ0) is 20.2. The van der Waals surface area contributed by atoms with Gasteiger partial charge in [-0.3, -0.25) is 9.59 Å². The summed E-state index contributed by atoms with van der Waals surface area (Å²) >= 11 is 0. The predicted octanol–water partition coefficient (Wildman–Crippen LogP) is 2.84. The molecule has 2 aliphatic heterocycles. The van der Waals surface area contributed by atoms with Crippen LogP contribution in [0.2, 0.25) is 0 Å². The number of likely N-dealkylation sites (tertiary alicyclic amines) is 1. The smallest absolute Gasteiger partial charge is 0.231 e. The van der Waals surface area contributed by atoms with Gasteiger partial charge in [-0.25, -0.2) is 0 Å². The van der Waals surface area contributed by atoms with Gasteiger partial charge in [0.05, 0.1) is 13.5 Å². The second-order valence-electron chi connectivity index (χ2n) is 7.24. The number of carbonyl (C=O) groups excluding carboxylic acids is 2. The fraction of sp³-hybridized carbons (Fsp3) is 0.364. The molecule has 0 unspecified atom stereocenters. The summed E-state index contributed by atoms with van der Waals surface area (Å²) in [5.41, 5.74) is 1.65. The summed E-state index contributed by atoms with van der Waals surface area (Å²) in [4.78, 5) is 27.0. The third-order valence-electron chi connectivity index (χ3n) is 5.37. The van der Waals surface area contributed by atoms with Crippen LogP contribution in [0.25, 0.3) is 0 Å². The van der Waals surface area contributed by atoms with E-state index < -0.39 is 0 Å². The van der Waals surface area contributed by atoms with Crippen LogP contribution in [0.1, 0.15) is 18.4 Å². The molecule has 7 heteroatoms. The molecule has 2 heterocycles. The molecule has 1 fully saturated rings. The minimum Gasteiger partial charge on any atom is -0.497 e. The van der Waals surface area contributed by atoms with Gasteiger partial charge in [0.15, 0.2) is 11.5 Å². The monoisotopic (exact) mass is 396 g/mol. The molecule has 152 valence electrons. The molecular formula is C22H24N2O5. The number of methoxy groups -OCH3 is 1. The van der Waals surface area contributed by atoms with Crippen molar-refractivity contribution < 1.29 is 23.8 Å². The lowest BCUT2D eigenvalue weighted by atomic mass is 9.95. The van der Waals surface area contributed by atoms with E-state index in [1.54, 1.807) is 25.3 Å². The van der Waals surface area contributed by atoms with Gasteiger partial charge in [0.25, 0.3) is 0 Å². The topological polar surface area (TPSA) is 77.1 Å². The minimum absolute atomic E-state index is 0.0221. The molecule has 0 radical (unpaired) electrons. The van der Waals surface area contributed by atoms with Crippen molar-refractivity contribution in [2.75, 3.05) is 32.3 Å². The maximum atomic E-state index is 12.6. The first-order valence-corrected chi connectivity index (χ1v) is 9.73. The fourth-order valence-electron chi connectivity index (χ4n) is 3.64. The Kier molecular flexibility index (Phi) is 5.55. The number of ether oxygens (including phenoxy) is 3. The lowest BCUT2D eigenvalue weighted by molar-refractivity contribution is -0.133. The molecule has 2 aromatic carbocycles. The zero-order valence-electron chi connectivity index (χ0n) is 16.3. The highest BCUT2D eigenvalue weighted by Gasteiger charge is 2.27. The Hall–Kier alpha value is -3.22. The van der Waals surface area contributed by atoms with Gasteiger partial charge in [-0.05, 0) is 42.7 Å². The van der Waals surface area contributed by atoms with Gasteiger partial charge in [0, 0.05) is 30.8 Å². The average molecular weight is 396 g/mol. The van der Waals surface area contributed by atoms with Crippen molar-refractivity contribution in [1.29, 1.82) is 0 Å². The van der Waals surface area contributed by atoms with Crippen molar-refractivity contribution in [3.05, 3.63) is 48.0 Å². The molecule has 0 atom stereocenters. The first kappa shape index (κ1) is 19.1. The molecule has 4 rings (SSSR count). The van der Waals surface area contributed by atoms with E-state index in [4.69, 9.17) is 14.2 Å². The van der Waals surface area contributed by atoms with Crippen LogP contribution in [0, 0.1) is 5.92 Å². The molecule has 0 aliphatic carbocycles. The lowest BCUT2D eigenvalue weighted by Gasteiger charge is -2.31. The summed E-state index contributed by atoms with van der Waals surface area (Å²) in [6, 6.07) is 12.9. The molecule has 1 saturated heterocycles. The molecule has 7 nitrogen and oxygen atoms in total. The Morgan fingerprint density at radius 2 is 1.79 bits per heavy atom. The summed E-state index contributed by atoms with van der Waals surface area (Å²) in [7, 11) is 1.62. The molecule has 2 aliphatic rings. The van der Waals surface area contributed by atoms with E-state index in [1.165, 1.54) is 0 Å². The Labute approximate surface area is 169 Å². The number of nitrogens with one attached hydrogen (secondary N) is 1. The number of amides is 2. The summed E-state index contributed by atoms with van der Waals surface area (Å²) in [6.45, 7) is 1.39. The highest BCUT2D eigenvalue weighted by Crippen LogP contribution is 2.34. The number of fused-ring (bicyclic) bond motifs is 1. The number of hydrogen-bond donors (Lipinski definition) is 1. The first-order valence-electron chi connectivity index (χ1n) is 9.73. The number of hydrogen-bond acceptors (Lipinski definition) is 5. The van der Waals surface area contributed by atoms with E-state index in [2.05, 4.69) is 5.32 Å². The predicted molar refractivity (Wildman–Crippen MR) is 107 cm³/mol. The normalized spacial score (nSPS) is 15.8. The highest BCUT2D eigenvalue weighted by atomic mass is 16.7. The maximum Gasteiger partial charge on any atom is 0.231 e. The second kappa shape index (κ2) is 8.43. The standard InChI is InChI=1S/C22H24N2O5/c1-27-18-5-2-15(3-6-18)12-21(25)24-10-8-16(9-11-24)22(26)23-17-4-7-19-20(13-17)29-14-28-19/h2-7,13,16H,8-12,14H2,1H3,(H,23,26). The highest BCUT2D eigenvalue weighted by molar-refractivity contribution is 5.93. The Balaban J connectivity index is 1.27. The molecular weight excluding hydrogens is 372 g/mol. The fourth-order valence-corrected chi connectivity index (χ4v) is 3.64. The quantitative estimate of drug-likeness (QED) is 0.841. The zero-order valence-corrected chi connectivity index (χ0v) is 16.3. The Bertz CT molecular complexity index is 889. The molecule has 0 saturated carbocycles. The van der Waals surface area contributed by atoms with E-state index in [9.17, 15) is 9.59 Å². The molecule has 0 aromatic heterocycles. The van der Waals surface area contributed by atoms with E-state index in [0.29, 0.717) is 49.5 Å². The van der Waals surface area contributed by atoms with Gasteiger partial charge in [-0.2, -0.15) is 0 Å². The largest absolute Gasteiger partial charge is 0.497 e. The van der Waals surface area contributed by atoms with E-state index >= 15 is 0 Å². The van der Waals surface area contributed by atoms with E-state index in [0.717, 1.165) is 11.3 Å². The number of carbonyl (C=O) groups is 2. The first-order chi connectivity index (χ1) is 14.1. The van der Waals surface area contributed by atoms with Crippen LogP contribution in [0.5, 0.6) is 17.2 Å². The molecule has 1 N–H and O–H groups in total. The Morgan fingerprint density at radius 3 is 2.52 bits per heavy atom. The van der Waals surface area contributed by atoms with Crippen molar-refractivity contribution in [2.24, 2.45) is 5.92 Å². The van der Waals surface area contributed by atoms with Gasteiger partial charge in [0.2, 0.25) is 18.6 Å². The van der Waals surface area contributed by atoms with E-state index in [-0.39, 0.29) is 24.5 Å². The summed E-state index contributed by atoms with van der Waals surface area (Å²) < 4.78 is 15.8. The van der Waals surface area contributed by atoms with Crippen LogP contribution < -0.4 is 19.5 Å². The molecule has 0 spiro atoms. The van der Waals surface area contributed by atoms with Crippen LogP contribution in [0.3, 0.4) is 0 Å². The average Bonchev–Trinajstić information content (AvgIpc) is 3.22. The minimum atomic E-state index is -0.106. The summed E-state index contributed by atoms with van der Waals surface area (Å²) in [5.74, 6) is 2.06. The van der Waals surface area contributed by atoms with Gasteiger partial charge >= 0.3 is 0 Å². The van der Waals surface area contributed by atoms with E-state index in [1.807, 2.05) is 29.2 Å². The number of benzene rings is 2. The number of anilines is 1. The lowest BCUT2D eigenvalue weighted by Crippen LogP contribution is -2.42. The second-order valence-corrected chi connectivity index (χ2v) is 7.24. The number of nitrogens with zero attached hydrogens (tertiary/aromatic N) is 1. The Morgan fingerprint density at radius 1 is 1.07 bits per heavy atom. The van der Waals surface area contributed by atoms with Crippen LogP contribution in [-0.4, -0.2) is 43.7 Å². The van der Waals surface area contributed by atoms with Crippen LogP contribution >= 0.6 is 0 Å². The van der Waals surface area contributed by atoms with Gasteiger partial charge < -0.3 is 24.4 Å². The summed E-state index contributed by atoms with van der Waals surface area (Å²) in [6.07, 6.45) is 1.67. The van der Waals surface area contributed by atoms with Crippen molar-refractivity contribution >= 4 is 17.5 Å². The van der Waals surface area contributed by atoms with Crippen molar-refractivity contribution in [2.45, 2.75) is 19.3 Å². The third-order valence-corrected chi connectivity index (χ3v) is 5.37. The SMILES string of the molecule is COc1ccc(CC(=O)N2CCC(C(=O)Nc3ccc4c(c3)OCO4)CC2)cc1. The number of rotatable bonds is 5. The van der Waals surface area contributed by atoms with Crippen LogP contribution in [0.4, 0.5) is 5.69 Å². The number of piperidine rings is 1. The van der Waals surface area contributed by atoms with Gasteiger partial charge in [-0.15, -0.1) is 0 Å². The van der Waals surface area contributed by atoms with Gasteiger partial charge in [0.1, 0.15) is 5.75 Å². The van der Waals surface area contributed by atoms with Crippen LogP contribution in [-0.2, 0) is 16.0 Å². The molecule has 2 amide bonds. The molecule has 2 aromatic rings. The summed E-state index contributed by atoms with van der Waals surface area (Å²) in [5, 5.41) is 2.95. The van der Waals surface area contributed by atoms with Crippen molar-refractivity contribution in [1.82, 2.24) is 4.90 Å². The van der Waals surface area contributed by atoms with Gasteiger partial charge in [-0.1, -0.05) is 12.1 Å².